The predicted octanol–water partition coefficient (Wildman–Crippen LogP) is 2.92. The largest absolute Gasteiger partial charge is 0.478 e. The minimum absolute atomic E-state index is 0.0341. The predicted molar refractivity (Wildman–Crippen MR) is 121 cm³/mol. The van der Waals surface area contributed by atoms with Crippen molar-refractivity contribution in [3.63, 3.8) is 0 Å². The molecule has 32 heavy (non-hydrogen) atoms. The van der Waals surface area contributed by atoms with Crippen molar-refractivity contribution in [1.82, 2.24) is 0 Å². The molecule has 10 heteroatoms. The van der Waals surface area contributed by atoms with Crippen LogP contribution in [0, 0.1) is 11.3 Å². The summed E-state index contributed by atoms with van der Waals surface area (Å²) in [5.41, 5.74) is -0.260. The number of thiophene rings is 1. The third-order valence-corrected chi connectivity index (χ3v) is 5.67. The maximum atomic E-state index is 13.1. The number of hydrazone groups is 1. The summed E-state index contributed by atoms with van der Waals surface area (Å²) in [5, 5.41) is 24.6. The Labute approximate surface area is 187 Å². The first-order chi connectivity index (χ1) is 15.3. The summed E-state index contributed by atoms with van der Waals surface area (Å²) < 4.78 is 4.83. The fourth-order valence-electron chi connectivity index (χ4n) is 2.84. The number of aromatic carboxylic acids is 1. The van der Waals surface area contributed by atoms with E-state index in [1.54, 1.807) is 6.08 Å². The number of hydrogen-bond donors (Lipinski definition) is 1. The number of carbonyl (C=O) groups is 3. The zero-order valence-corrected chi connectivity index (χ0v) is 18.2. The number of nitrogens with zero attached hydrogens (tertiary/aromatic N) is 4. The minimum atomic E-state index is -1.12. The number of anilines is 2. The number of carboxylic acids is 1. The standard InChI is InChI=1S/C22H18N4O5S/c1-25(2)18-11-9-15(32-18)8-10-16(22(30)31-3)19-17(12-23)24-26(20(19)27)14-6-4-13(5-7-14)21(28)29/h4-11H,1-3H3,(H,28,29)/b10-8+,19-16?. The molecule has 0 bridgehead atoms. The number of benzene rings is 1. The summed E-state index contributed by atoms with van der Waals surface area (Å²) in [4.78, 5) is 39.4. The van der Waals surface area contributed by atoms with Crippen molar-refractivity contribution in [2.75, 3.05) is 31.1 Å². The molecule has 0 unspecified atom stereocenters. The molecular formula is C22H18N4O5S. The molecule has 0 saturated heterocycles. The van der Waals surface area contributed by atoms with Crippen LogP contribution in [-0.2, 0) is 14.3 Å². The SMILES string of the molecule is COC(=O)C(/C=C/c1ccc(N(C)C)s1)=C1C(=O)N(c2ccc(C(=O)O)cc2)N=C1C#N. The van der Waals surface area contributed by atoms with E-state index in [1.807, 2.05) is 37.2 Å². The highest BCUT2D eigenvalue weighted by Gasteiger charge is 2.35. The molecule has 0 fully saturated rings. The van der Waals surface area contributed by atoms with Gasteiger partial charge in [0, 0.05) is 19.0 Å². The molecule has 0 spiro atoms. The lowest BCUT2D eigenvalue weighted by atomic mass is 10.0. The average Bonchev–Trinajstić information content (AvgIpc) is 3.39. The van der Waals surface area contributed by atoms with E-state index in [1.165, 1.54) is 48.8 Å². The Morgan fingerprint density at radius 2 is 1.91 bits per heavy atom. The van der Waals surface area contributed by atoms with Crippen LogP contribution in [0.15, 0.2) is 58.7 Å². The summed E-state index contributed by atoms with van der Waals surface area (Å²) in [6, 6.07) is 11.0. The smallest absolute Gasteiger partial charge is 0.338 e. The fourth-order valence-corrected chi connectivity index (χ4v) is 3.68. The lowest BCUT2D eigenvalue weighted by molar-refractivity contribution is -0.136. The van der Waals surface area contributed by atoms with Gasteiger partial charge in [0.2, 0.25) is 0 Å². The number of methoxy groups -OCH3 is 1. The molecule has 1 N–H and O–H groups in total. The van der Waals surface area contributed by atoms with E-state index < -0.39 is 17.8 Å². The Morgan fingerprint density at radius 3 is 2.44 bits per heavy atom. The number of carboxylic acid groups (broad SMARTS) is 1. The van der Waals surface area contributed by atoms with E-state index in [4.69, 9.17) is 9.84 Å². The Kier molecular flexibility index (Phi) is 6.51. The first-order valence-corrected chi connectivity index (χ1v) is 10.0. The van der Waals surface area contributed by atoms with Crippen LogP contribution in [0.3, 0.4) is 0 Å². The maximum absolute atomic E-state index is 13.1. The second-order valence-corrected chi connectivity index (χ2v) is 7.81. The van der Waals surface area contributed by atoms with Gasteiger partial charge in [-0.1, -0.05) is 0 Å². The number of esters is 1. The van der Waals surface area contributed by atoms with Crippen molar-refractivity contribution in [3.05, 3.63) is 64.1 Å². The van der Waals surface area contributed by atoms with Crippen LogP contribution >= 0.6 is 11.3 Å². The number of rotatable bonds is 6. The minimum Gasteiger partial charge on any atom is -0.478 e. The van der Waals surface area contributed by atoms with Crippen molar-refractivity contribution in [2.24, 2.45) is 5.10 Å². The van der Waals surface area contributed by atoms with Gasteiger partial charge in [-0.3, -0.25) is 4.79 Å². The number of nitriles is 1. The quantitative estimate of drug-likeness (QED) is 0.530. The molecule has 1 aliphatic rings. The molecule has 0 aliphatic carbocycles. The van der Waals surface area contributed by atoms with Gasteiger partial charge in [-0.2, -0.15) is 15.4 Å². The van der Waals surface area contributed by atoms with Crippen LogP contribution in [0.2, 0.25) is 0 Å². The van der Waals surface area contributed by atoms with E-state index in [0.29, 0.717) is 0 Å². The second-order valence-electron chi connectivity index (χ2n) is 6.71. The lowest BCUT2D eigenvalue weighted by Gasteiger charge is -2.12. The van der Waals surface area contributed by atoms with Crippen LogP contribution in [0.4, 0.5) is 10.7 Å². The summed E-state index contributed by atoms with van der Waals surface area (Å²) >= 11 is 1.48. The van der Waals surface area contributed by atoms with E-state index in [-0.39, 0.29) is 28.1 Å². The molecule has 0 saturated carbocycles. The molecule has 1 amide bonds. The van der Waals surface area contributed by atoms with E-state index in [2.05, 4.69) is 5.10 Å². The van der Waals surface area contributed by atoms with Gasteiger partial charge in [0.25, 0.3) is 5.91 Å². The molecular weight excluding hydrogens is 432 g/mol. The van der Waals surface area contributed by atoms with Crippen LogP contribution in [0.25, 0.3) is 6.08 Å². The number of carbonyl (C=O) groups excluding carboxylic acids is 2. The molecule has 2 aromatic rings. The normalized spacial score (nSPS) is 14.9. The molecule has 9 nitrogen and oxygen atoms in total. The van der Waals surface area contributed by atoms with Crippen LogP contribution in [0.1, 0.15) is 15.2 Å². The zero-order chi connectivity index (χ0) is 23.4. The first-order valence-electron chi connectivity index (χ1n) is 9.21. The van der Waals surface area contributed by atoms with Crippen molar-refractivity contribution < 1.29 is 24.2 Å². The van der Waals surface area contributed by atoms with Gasteiger partial charge in [-0.25, -0.2) is 9.59 Å². The Balaban J connectivity index is 2.03. The third-order valence-electron chi connectivity index (χ3n) is 4.45. The number of ether oxygens (including phenoxy) is 1. The van der Waals surface area contributed by atoms with Crippen LogP contribution in [0.5, 0.6) is 0 Å². The van der Waals surface area contributed by atoms with E-state index in [0.717, 1.165) is 14.9 Å². The monoisotopic (exact) mass is 450 g/mol. The van der Waals surface area contributed by atoms with Gasteiger partial charge >= 0.3 is 11.9 Å². The Bertz CT molecular complexity index is 1220. The highest BCUT2D eigenvalue weighted by atomic mass is 32.1. The highest BCUT2D eigenvalue weighted by Crippen LogP contribution is 2.29. The molecule has 0 atom stereocenters. The highest BCUT2D eigenvalue weighted by molar-refractivity contribution is 7.16. The van der Waals surface area contributed by atoms with Crippen molar-refractivity contribution in [1.29, 1.82) is 5.26 Å². The van der Waals surface area contributed by atoms with Gasteiger partial charge in [-0.15, -0.1) is 11.3 Å². The average molecular weight is 450 g/mol. The second kappa shape index (κ2) is 9.28. The van der Waals surface area contributed by atoms with Crippen molar-refractivity contribution in [3.8, 4) is 6.07 Å². The molecule has 2 heterocycles. The first kappa shape index (κ1) is 22.5. The fraction of sp³-hybridized carbons (Fsp3) is 0.136. The molecule has 1 aliphatic heterocycles. The molecule has 3 rings (SSSR count). The maximum Gasteiger partial charge on any atom is 0.338 e. The molecule has 0 radical (unpaired) electrons. The molecule has 1 aromatic heterocycles. The summed E-state index contributed by atoms with van der Waals surface area (Å²) in [6.45, 7) is 0. The topological polar surface area (TPSA) is 123 Å². The number of amides is 1. The Hall–Kier alpha value is -4.23. The molecule has 1 aromatic carbocycles. The van der Waals surface area contributed by atoms with Gasteiger partial charge in [-0.05, 0) is 48.6 Å². The molecule has 162 valence electrons. The summed E-state index contributed by atoms with van der Waals surface area (Å²) in [5.74, 6) is -2.61. The lowest BCUT2D eigenvalue weighted by Crippen LogP contribution is -2.23. The van der Waals surface area contributed by atoms with Gasteiger partial charge < -0.3 is 14.7 Å². The van der Waals surface area contributed by atoms with Crippen molar-refractivity contribution >= 4 is 51.7 Å². The number of hydrogen-bond acceptors (Lipinski definition) is 8. The van der Waals surface area contributed by atoms with Gasteiger partial charge in [0.15, 0.2) is 5.71 Å². The van der Waals surface area contributed by atoms with Crippen molar-refractivity contribution in [2.45, 2.75) is 0 Å². The van der Waals surface area contributed by atoms with Crippen LogP contribution < -0.4 is 9.91 Å². The Morgan fingerprint density at radius 1 is 1.22 bits per heavy atom. The van der Waals surface area contributed by atoms with Gasteiger partial charge in [0.1, 0.15) is 6.07 Å². The zero-order valence-electron chi connectivity index (χ0n) is 17.4. The third kappa shape index (κ3) is 4.43. The summed E-state index contributed by atoms with van der Waals surface area (Å²) in [7, 11) is 4.99. The van der Waals surface area contributed by atoms with E-state index >= 15 is 0 Å². The van der Waals surface area contributed by atoms with E-state index in [9.17, 15) is 19.6 Å². The van der Waals surface area contributed by atoms with Gasteiger partial charge in [0.05, 0.1) is 34.5 Å². The summed E-state index contributed by atoms with van der Waals surface area (Å²) in [6.07, 6.45) is 3.08. The van der Waals surface area contributed by atoms with Crippen LogP contribution in [-0.4, -0.2) is 49.9 Å².